The molecule has 3 rings (SSSR count). The minimum Gasteiger partial charge on any atom is -0.395 e. The van der Waals surface area contributed by atoms with Crippen molar-refractivity contribution in [2.75, 3.05) is 49.5 Å². The summed E-state index contributed by atoms with van der Waals surface area (Å²) in [7, 11) is 0. The highest BCUT2D eigenvalue weighted by atomic mass is 35.5. The minimum atomic E-state index is -0.267. The Bertz CT molecular complexity index is 1040. The molecule has 0 saturated carbocycles. The van der Waals surface area contributed by atoms with Crippen LogP contribution in [-0.4, -0.2) is 70.2 Å². The van der Waals surface area contributed by atoms with E-state index in [4.69, 9.17) is 16.7 Å². The van der Waals surface area contributed by atoms with Crippen molar-refractivity contribution in [2.45, 2.75) is 27.7 Å². The summed E-state index contributed by atoms with van der Waals surface area (Å²) in [6.07, 6.45) is 3.27. The van der Waals surface area contributed by atoms with Gasteiger partial charge < -0.3 is 20.6 Å². The number of allylic oxidation sites excluding steroid dienone is 3. The van der Waals surface area contributed by atoms with Gasteiger partial charge in [0.25, 0.3) is 5.91 Å². The highest BCUT2D eigenvalue weighted by Gasteiger charge is 2.19. The largest absolute Gasteiger partial charge is 0.395 e. The highest BCUT2D eigenvalue weighted by Crippen LogP contribution is 2.25. The third kappa shape index (κ3) is 6.73. The molecule has 9 nitrogen and oxygen atoms in total. The van der Waals surface area contributed by atoms with Gasteiger partial charge >= 0.3 is 0 Å². The molecule has 2 aromatic rings. The number of β-amino-alcohol motifs (C(OH)–C–C–N with tert-alkyl or cyclic N) is 1. The second kappa shape index (κ2) is 11.6. The maximum Gasteiger partial charge on any atom is 0.267 e. The summed E-state index contributed by atoms with van der Waals surface area (Å²) < 4.78 is 0. The number of thiazole rings is 1. The van der Waals surface area contributed by atoms with Crippen LogP contribution >= 0.6 is 22.9 Å². The standard InChI is InChI=1S/C22H30ClN7O2S/c1-5-16(23)20(14(2)3)28-21(32)17-13-24-22(33-17)27-18-12-19(26-15(4)25-18)30-8-6-29(7-9-30)10-11-31/h5,12-13,31H,6-11H2,1-4H3,(H,28,32)(H,24,25,26,27)/b16-5+. The number of aromatic nitrogens is 3. The van der Waals surface area contributed by atoms with Crippen molar-refractivity contribution in [1.29, 1.82) is 0 Å². The molecule has 33 heavy (non-hydrogen) atoms. The number of halogens is 1. The normalized spacial score (nSPS) is 14.8. The van der Waals surface area contributed by atoms with Gasteiger partial charge in [-0.2, -0.15) is 0 Å². The number of hydrogen-bond donors (Lipinski definition) is 3. The molecule has 3 N–H and O–H groups in total. The molecule has 0 unspecified atom stereocenters. The van der Waals surface area contributed by atoms with E-state index in [1.54, 1.807) is 6.08 Å². The first-order valence-electron chi connectivity index (χ1n) is 10.8. The Hall–Kier alpha value is -2.53. The average Bonchev–Trinajstić information content (AvgIpc) is 3.25. The maximum atomic E-state index is 12.7. The van der Waals surface area contributed by atoms with E-state index >= 15 is 0 Å². The van der Waals surface area contributed by atoms with E-state index < -0.39 is 0 Å². The van der Waals surface area contributed by atoms with Gasteiger partial charge in [-0.15, -0.1) is 0 Å². The molecular formula is C22H30ClN7O2S. The third-order valence-corrected chi connectivity index (χ3v) is 6.45. The van der Waals surface area contributed by atoms with Gasteiger partial charge in [-0.05, 0) is 27.7 Å². The topological polar surface area (TPSA) is 107 Å². The molecule has 11 heteroatoms. The van der Waals surface area contributed by atoms with Crippen LogP contribution in [0.4, 0.5) is 16.8 Å². The zero-order valence-corrected chi connectivity index (χ0v) is 20.9. The van der Waals surface area contributed by atoms with Crippen molar-refractivity contribution in [3.05, 3.63) is 45.3 Å². The first-order valence-corrected chi connectivity index (χ1v) is 12.0. The number of aliphatic hydroxyl groups is 1. The lowest BCUT2D eigenvalue weighted by molar-refractivity contribution is 0.0970. The van der Waals surface area contributed by atoms with E-state index in [9.17, 15) is 4.79 Å². The molecule has 1 aliphatic rings. The SMILES string of the molecule is C/C=C(/Cl)C(NC(=O)c1cnc(Nc2cc(N3CCN(CCO)CC3)nc(C)n2)s1)=C(C)C. The van der Waals surface area contributed by atoms with E-state index in [2.05, 4.69) is 35.4 Å². The summed E-state index contributed by atoms with van der Waals surface area (Å²) in [6, 6.07) is 1.89. The summed E-state index contributed by atoms with van der Waals surface area (Å²) in [4.78, 5) is 31.0. The summed E-state index contributed by atoms with van der Waals surface area (Å²) >= 11 is 7.46. The van der Waals surface area contributed by atoms with Crippen molar-refractivity contribution < 1.29 is 9.90 Å². The van der Waals surface area contributed by atoms with Crippen molar-refractivity contribution in [2.24, 2.45) is 0 Å². The summed E-state index contributed by atoms with van der Waals surface area (Å²) in [5.41, 5.74) is 1.51. The molecule has 1 amide bonds. The van der Waals surface area contributed by atoms with Crippen molar-refractivity contribution in [3.63, 3.8) is 0 Å². The van der Waals surface area contributed by atoms with Crippen LogP contribution in [0, 0.1) is 6.92 Å². The molecule has 0 bridgehead atoms. The fourth-order valence-corrected chi connectivity index (χ4v) is 4.36. The first kappa shape index (κ1) is 25.1. The number of nitrogens with zero attached hydrogens (tertiary/aromatic N) is 5. The Morgan fingerprint density at radius 3 is 2.64 bits per heavy atom. The zero-order chi connectivity index (χ0) is 24.0. The summed E-state index contributed by atoms with van der Waals surface area (Å²) in [5, 5.41) is 16.2. The number of carbonyl (C=O) groups is 1. The van der Waals surface area contributed by atoms with Gasteiger partial charge in [-0.25, -0.2) is 15.0 Å². The average molecular weight is 492 g/mol. The number of carbonyl (C=O) groups excluding carboxylic acids is 1. The number of rotatable bonds is 8. The van der Waals surface area contributed by atoms with E-state index in [-0.39, 0.29) is 12.5 Å². The minimum absolute atomic E-state index is 0.173. The van der Waals surface area contributed by atoms with Crippen LogP contribution in [0.15, 0.2) is 34.6 Å². The smallest absolute Gasteiger partial charge is 0.267 e. The summed E-state index contributed by atoms with van der Waals surface area (Å²) in [6.45, 7) is 11.7. The molecule has 1 aliphatic heterocycles. The van der Waals surface area contributed by atoms with Gasteiger partial charge in [-0.3, -0.25) is 9.69 Å². The number of nitrogens with one attached hydrogen (secondary N) is 2. The van der Waals surface area contributed by atoms with E-state index in [1.807, 2.05) is 33.8 Å². The predicted molar refractivity (Wildman–Crippen MR) is 133 cm³/mol. The Labute approximate surface area is 203 Å². The van der Waals surface area contributed by atoms with E-state index in [0.29, 0.717) is 38.9 Å². The molecule has 0 aromatic carbocycles. The quantitative estimate of drug-likeness (QED) is 0.483. The third-order valence-electron chi connectivity index (χ3n) is 5.13. The molecule has 1 saturated heterocycles. The number of hydrogen-bond acceptors (Lipinski definition) is 9. The van der Waals surface area contributed by atoms with Gasteiger partial charge in [0.1, 0.15) is 22.3 Å². The van der Waals surface area contributed by atoms with E-state index in [1.165, 1.54) is 17.5 Å². The lowest BCUT2D eigenvalue weighted by Gasteiger charge is -2.35. The molecule has 0 atom stereocenters. The van der Waals surface area contributed by atoms with Gasteiger partial charge in [-0.1, -0.05) is 34.6 Å². The maximum absolute atomic E-state index is 12.7. The lowest BCUT2D eigenvalue weighted by Crippen LogP contribution is -2.47. The van der Waals surface area contributed by atoms with Crippen molar-refractivity contribution in [1.82, 2.24) is 25.2 Å². The molecule has 1 fully saturated rings. The molecule has 178 valence electrons. The molecule has 0 aliphatic carbocycles. The van der Waals surface area contributed by atoms with Gasteiger partial charge in [0.2, 0.25) is 0 Å². The number of anilines is 3. The van der Waals surface area contributed by atoms with Crippen LogP contribution in [0.25, 0.3) is 0 Å². The molecule has 2 aromatic heterocycles. The van der Waals surface area contributed by atoms with Crippen LogP contribution in [0.5, 0.6) is 0 Å². The number of piperazine rings is 1. The monoisotopic (exact) mass is 491 g/mol. The van der Waals surface area contributed by atoms with Gasteiger partial charge in [0.15, 0.2) is 5.13 Å². The molecule has 0 spiro atoms. The zero-order valence-electron chi connectivity index (χ0n) is 19.4. The van der Waals surface area contributed by atoms with Gasteiger partial charge in [0, 0.05) is 38.8 Å². The number of aliphatic hydroxyl groups excluding tert-OH is 1. The van der Waals surface area contributed by atoms with Crippen molar-refractivity contribution >= 4 is 45.6 Å². The fraction of sp³-hybridized carbons (Fsp3) is 0.455. The number of aryl methyl sites for hydroxylation is 1. The van der Waals surface area contributed by atoms with Gasteiger partial charge in [0.05, 0.1) is 23.5 Å². The Morgan fingerprint density at radius 1 is 1.27 bits per heavy atom. The first-order chi connectivity index (χ1) is 15.8. The highest BCUT2D eigenvalue weighted by molar-refractivity contribution is 7.17. The van der Waals surface area contributed by atoms with Crippen molar-refractivity contribution in [3.8, 4) is 0 Å². The van der Waals surface area contributed by atoms with Crippen LogP contribution in [0.3, 0.4) is 0 Å². The fourth-order valence-electron chi connectivity index (χ4n) is 3.41. The molecular weight excluding hydrogens is 462 g/mol. The number of amides is 1. The Morgan fingerprint density at radius 2 is 2.00 bits per heavy atom. The van der Waals surface area contributed by atoms with Crippen LogP contribution in [0.2, 0.25) is 0 Å². The predicted octanol–water partition coefficient (Wildman–Crippen LogP) is 3.27. The molecule has 3 heterocycles. The Kier molecular flexibility index (Phi) is 8.79. The second-order valence-corrected chi connectivity index (χ2v) is 9.27. The summed E-state index contributed by atoms with van der Waals surface area (Å²) in [5.74, 6) is 1.85. The Balaban J connectivity index is 1.69. The van der Waals surface area contributed by atoms with Crippen LogP contribution < -0.4 is 15.5 Å². The van der Waals surface area contributed by atoms with Crippen LogP contribution in [-0.2, 0) is 0 Å². The lowest BCUT2D eigenvalue weighted by atomic mass is 10.2. The second-order valence-electron chi connectivity index (χ2n) is 7.83. The van der Waals surface area contributed by atoms with E-state index in [0.717, 1.165) is 37.6 Å². The molecule has 0 radical (unpaired) electrons. The van der Waals surface area contributed by atoms with Crippen LogP contribution in [0.1, 0.15) is 36.3 Å².